The smallest absolute Gasteiger partial charge is 0.327 e. The van der Waals surface area contributed by atoms with E-state index in [-0.39, 0.29) is 6.04 Å². The maximum atomic E-state index is 12.5. The van der Waals surface area contributed by atoms with Gasteiger partial charge in [0.05, 0.1) is 5.56 Å². The summed E-state index contributed by atoms with van der Waals surface area (Å²) in [6.45, 7) is 0. The third kappa shape index (κ3) is 2.71. The minimum absolute atomic E-state index is 0.0971. The Balaban J connectivity index is 1.60. The molecular weight excluding hydrogens is 263 g/mol. The molecule has 1 nitrogen and oxygen atoms in total. The van der Waals surface area contributed by atoms with Crippen molar-refractivity contribution < 1.29 is 13.2 Å². The van der Waals surface area contributed by atoms with Crippen molar-refractivity contribution in [2.75, 3.05) is 0 Å². The molecule has 3 unspecified atom stereocenters. The summed E-state index contributed by atoms with van der Waals surface area (Å²) >= 11 is 0. The van der Waals surface area contributed by atoms with Crippen LogP contribution in [-0.4, -0.2) is 6.04 Å². The highest BCUT2D eigenvalue weighted by atomic mass is 19.4. The second kappa shape index (κ2) is 5.06. The van der Waals surface area contributed by atoms with Crippen molar-refractivity contribution in [3.63, 3.8) is 0 Å². The zero-order valence-electron chi connectivity index (χ0n) is 11.4. The quantitative estimate of drug-likeness (QED) is 0.891. The van der Waals surface area contributed by atoms with E-state index < -0.39 is 11.7 Å². The van der Waals surface area contributed by atoms with Crippen molar-refractivity contribution in [2.24, 2.45) is 23.5 Å². The molecule has 2 N–H and O–H groups in total. The first-order chi connectivity index (χ1) is 9.47. The number of fused-ring (bicyclic) bond motifs is 1. The zero-order chi connectivity index (χ0) is 14.3. The van der Waals surface area contributed by atoms with Gasteiger partial charge < -0.3 is 5.73 Å². The van der Waals surface area contributed by atoms with E-state index in [1.807, 2.05) is 0 Å². The third-order valence-corrected chi connectivity index (χ3v) is 4.97. The summed E-state index contributed by atoms with van der Waals surface area (Å²) in [5, 5.41) is 0. The van der Waals surface area contributed by atoms with Crippen molar-refractivity contribution >= 4 is 0 Å². The fourth-order valence-corrected chi connectivity index (χ4v) is 3.92. The van der Waals surface area contributed by atoms with E-state index in [9.17, 15) is 13.2 Å². The second-order valence-electron chi connectivity index (χ2n) is 6.25. The van der Waals surface area contributed by atoms with Gasteiger partial charge in [-0.05, 0) is 54.7 Å². The number of alkyl halides is 3. The largest absolute Gasteiger partial charge is 0.416 e. The first-order valence-electron chi connectivity index (χ1n) is 7.38. The maximum absolute atomic E-state index is 12.5. The lowest BCUT2D eigenvalue weighted by molar-refractivity contribution is -0.137. The average molecular weight is 283 g/mol. The molecule has 2 aliphatic carbocycles. The number of hydrogen-bond acceptors (Lipinski definition) is 1. The van der Waals surface area contributed by atoms with Crippen LogP contribution in [0.2, 0.25) is 0 Å². The zero-order valence-corrected chi connectivity index (χ0v) is 11.4. The van der Waals surface area contributed by atoms with Crippen molar-refractivity contribution in [3.05, 3.63) is 35.4 Å². The molecular formula is C16H20F3N. The Morgan fingerprint density at radius 2 is 1.60 bits per heavy atom. The summed E-state index contributed by atoms with van der Waals surface area (Å²) in [5.41, 5.74) is 6.60. The highest BCUT2D eigenvalue weighted by Crippen LogP contribution is 2.56. The van der Waals surface area contributed by atoms with E-state index in [0.717, 1.165) is 29.5 Å². The van der Waals surface area contributed by atoms with Crippen LogP contribution in [0.3, 0.4) is 0 Å². The molecule has 0 bridgehead atoms. The molecule has 0 amide bonds. The molecule has 2 aliphatic rings. The molecule has 2 fully saturated rings. The Labute approximate surface area is 117 Å². The summed E-state index contributed by atoms with van der Waals surface area (Å²) in [6.07, 6.45) is 1.63. The SMILES string of the molecule is NC(Cc1ccc(C(F)(F)F)cc1)C1C2CCCCC21. The highest BCUT2D eigenvalue weighted by Gasteiger charge is 2.52. The predicted octanol–water partition coefficient (Wildman–Crippen LogP) is 4.01. The molecule has 2 saturated carbocycles. The van der Waals surface area contributed by atoms with Crippen molar-refractivity contribution in [2.45, 2.75) is 44.3 Å². The van der Waals surface area contributed by atoms with Gasteiger partial charge in [-0.25, -0.2) is 0 Å². The van der Waals surface area contributed by atoms with Crippen molar-refractivity contribution in [1.29, 1.82) is 0 Å². The first kappa shape index (κ1) is 13.9. The average Bonchev–Trinajstić information content (AvgIpc) is 3.12. The maximum Gasteiger partial charge on any atom is 0.416 e. The summed E-state index contributed by atoms with van der Waals surface area (Å²) < 4.78 is 37.5. The normalized spacial score (nSPS) is 30.7. The lowest BCUT2D eigenvalue weighted by atomic mass is 10.00. The van der Waals surface area contributed by atoms with Gasteiger partial charge in [0, 0.05) is 6.04 Å². The Bertz CT molecular complexity index is 454. The van der Waals surface area contributed by atoms with Gasteiger partial charge in [-0.15, -0.1) is 0 Å². The molecule has 3 atom stereocenters. The summed E-state index contributed by atoms with van der Waals surface area (Å²) in [6, 6.07) is 5.54. The molecule has 20 heavy (non-hydrogen) atoms. The van der Waals surface area contributed by atoms with Crippen LogP contribution in [0.25, 0.3) is 0 Å². The molecule has 1 aromatic rings. The van der Waals surface area contributed by atoms with Gasteiger partial charge in [-0.2, -0.15) is 13.2 Å². The van der Waals surface area contributed by atoms with Gasteiger partial charge in [0.25, 0.3) is 0 Å². The van der Waals surface area contributed by atoms with Crippen LogP contribution < -0.4 is 5.73 Å². The van der Waals surface area contributed by atoms with E-state index in [1.54, 1.807) is 12.1 Å². The monoisotopic (exact) mass is 283 g/mol. The summed E-state index contributed by atoms with van der Waals surface area (Å²) in [4.78, 5) is 0. The van der Waals surface area contributed by atoms with Crippen LogP contribution >= 0.6 is 0 Å². The fraction of sp³-hybridized carbons (Fsp3) is 0.625. The minimum atomic E-state index is -4.26. The number of hydrogen-bond donors (Lipinski definition) is 1. The standard InChI is InChI=1S/C16H20F3N/c17-16(18,19)11-7-5-10(6-8-11)9-14(20)15-12-3-1-2-4-13(12)15/h5-8,12-15H,1-4,9,20H2. The van der Waals surface area contributed by atoms with Crippen molar-refractivity contribution in [1.82, 2.24) is 0 Å². The molecule has 0 aliphatic heterocycles. The van der Waals surface area contributed by atoms with Crippen LogP contribution in [0.1, 0.15) is 36.8 Å². The van der Waals surface area contributed by atoms with E-state index in [2.05, 4.69) is 0 Å². The van der Waals surface area contributed by atoms with E-state index in [0.29, 0.717) is 12.3 Å². The number of benzene rings is 1. The Hall–Kier alpha value is -1.03. The van der Waals surface area contributed by atoms with Gasteiger partial charge in [0.15, 0.2) is 0 Å². The third-order valence-electron chi connectivity index (χ3n) is 4.97. The predicted molar refractivity (Wildman–Crippen MR) is 72.1 cm³/mol. The van der Waals surface area contributed by atoms with Gasteiger partial charge >= 0.3 is 6.18 Å². The van der Waals surface area contributed by atoms with Crippen LogP contribution in [-0.2, 0) is 12.6 Å². The van der Waals surface area contributed by atoms with E-state index in [1.165, 1.54) is 25.7 Å². The first-order valence-corrected chi connectivity index (χ1v) is 7.38. The Kier molecular flexibility index (Phi) is 3.53. The molecule has 0 saturated heterocycles. The van der Waals surface area contributed by atoms with Gasteiger partial charge in [0.2, 0.25) is 0 Å². The van der Waals surface area contributed by atoms with Crippen LogP contribution in [0.4, 0.5) is 13.2 Å². The lowest BCUT2D eigenvalue weighted by Crippen LogP contribution is -2.26. The molecule has 0 aromatic heterocycles. The molecule has 0 heterocycles. The molecule has 110 valence electrons. The number of nitrogens with two attached hydrogens (primary N) is 1. The molecule has 3 rings (SSSR count). The van der Waals surface area contributed by atoms with Gasteiger partial charge in [-0.3, -0.25) is 0 Å². The van der Waals surface area contributed by atoms with Gasteiger partial charge in [0.1, 0.15) is 0 Å². The minimum Gasteiger partial charge on any atom is -0.327 e. The molecule has 1 aromatic carbocycles. The van der Waals surface area contributed by atoms with E-state index in [4.69, 9.17) is 5.73 Å². The Morgan fingerprint density at radius 3 is 2.10 bits per heavy atom. The summed E-state index contributed by atoms with van der Waals surface area (Å²) in [7, 11) is 0. The Morgan fingerprint density at radius 1 is 1.05 bits per heavy atom. The number of halogens is 3. The topological polar surface area (TPSA) is 26.0 Å². The lowest BCUT2D eigenvalue weighted by Gasteiger charge is -2.13. The van der Waals surface area contributed by atoms with Gasteiger partial charge in [-0.1, -0.05) is 25.0 Å². The van der Waals surface area contributed by atoms with E-state index >= 15 is 0 Å². The summed E-state index contributed by atoms with van der Waals surface area (Å²) in [5.74, 6) is 2.17. The van der Waals surface area contributed by atoms with Crippen LogP contribution in [0.5, 0.6) is 0 Å². The fourth-order valence-electron chi connectivity index (χ4n) is 3.92. The molecule has 0 spiro atoms. The van der Waals surface area contributed by atoms with Crippen LogP contribution in [0.15, 0.2) is 24.3 Å². The highest BCUT2D eigenvalue weighted by molar-refractivity contribution is 5.25. The molecule has 0 radical (unpaired) electrons. The molecule has 4 heteroatoms. The second-order valence-corrected chi connectivity index (χ2v) is 6.25. The number of rotatable bonds is 3. The van der Waals surface area contributed by atoms with Crippen LogP contribution in [0, 0.1) is 17.8 Å². The van der Waals surface area contributed by atoms with Crippen molar-refractivity contribution in [3.8, 4) is 0 Å².